The maximum atomic E-state index is 11.0. The number of nitro groups is 2. The van der Waals surface area contributed by atoms with Crippen LogP contribution in [-0.4, -0.2) is 29.2 Å². The first-order chi connectivity index (χ1) is 16.7. The first kappa shape index (κ1) is 25.9. The van der Waals surface area contributed by atoms with Crippen molar-refractivity contribution in [3.8, 4) is 35.1 Å². The van der Waals surface area contributed by atoms with Gasteiger partial charge in [-0.25, -0.2) is 0 Å². The molecule has 12 heteroatoms. The molecule has 35 heavy (non-hydrogen) atoms. The molecular formula is C23H18N4O8. The van der Waals surface area contributed by atoms with Crippen molar-refractivity contribution in [3.63, 3.8) is 0 Å². The van der Waals surface area contributed by atoms with Crippen molar-refractivity contribution in [1.82, 2.24) is 0 Å². The van der Waals surface area contributed by atoms with Crippen LogP contribution in [0.25, 0.3) is 0 Å². The van der Waals surface area contributed by atoms with E-state index < -0.39 is 15.5 Å². The monoisotopic (exact) mass is 478 g/mol. The van der Waals surface area contributed by atoms with Crippen molar-refractivity contribution in [1.29, 1.82) is 10.5 Å². The molecule has 0 saturated heterocycles. The molecule has 0 aromatic heterocycles. The lowest BCUT2D eigenvalue weighted by atomic mass is 10.1. The first-order valence-electron chi connectivity index (χ1n) is 9.64. The molecule has 0 bridgehead atoms. The van der Waals surface area contributed by atoms with Gasteiger partial charge in [-0.15, -0.1) is 0 Å². The summed E-state index contributed by atoms with van der Waals surface area (Å²) in [6, 6.07) is 17.3. The standard InChI is InChI=1S/C15H12N2O4.C8H6N2O4/c1-20-14-7-12(9-16)13(17(18)19)8-15(14)21-10-11-5-3-2-4-6-11;1-14-8-2-5(4-9)6(10(12)13)3-7(8)11/h2-8H,10H2,1H3;2-3,11H,1H3. The van der Waals surface area contributed by atoms with Crippen LogP contribution in [0.4, 0.5) is 11.4 Å². The summed E-state index contributed by atoms with van der Waals surface area (Å²) in [7, 11) is 2.71. The Bertz CT molecular complexity index is 1310. The Kier molecular flexibility index (Phi) is 8.90. The third kappa shape index (κ3) is 6.57. The van der Waals surface area contributed by atoms with E-state index in [-0.39, 0.29) is 46.4 Å². The van der Waals surface area contributed by atoms with Crippen LogP contribution in [0.2, 0.25) is 0 Å². The number of methoxy groups -OCH3 is 2. The summed E-state index contributed by atoms with van der Waals surface area (Å²) in [4.78, 5) is 20.0. The lowest BCUT2D eigenvalue weighted by molar-refractivity contribution is -0.385. The van der Waals surface area contributed by atoms with Crippen LogP contribution in [-0.2, 0) is 6.61 Å². The maximum Gasteiger partial charge on any atom is 0.291 e. The highest BCUT2D eigenvalue weighted by atomic mass is 16.6. The average Bonchev–Trinajstić information content (AvgIpc) is 2.87. The van der Waals surface area contributed by atoms with E-state index >= 15 is 0 Å². The topological polar surface area (TPSA) is 182 Å². The molecule has 0 aliphatic heterocycles. The van der Waals surface area contributed by atoms with E-state index in [0.717, 1.165) is 17.7 Å². The summed E-state index contributed by atoms with van der Waals surface area (Å²) in [6.07, 6.45) is 0. The molecule has 1 N–H and O–H groups in total. The van der Waals surface area contributed by atoms with Gasteiger partial charge in [0, 0.05) is 12.1 Å². The highest BCUT2D eigenvalue weighted by Crippen LogP contribution is 2.35. The number of nitrogens with zero attached hydrogens (tertiary/aromatic N) is 4. The van der Waals surface area contributed by atoms with Crippen LogP contribution in [0.3, 0.4) is 0 Å². The number of phenolic OH excluding ortho intramolecular Hbond substituents is 1. The Morgan fingerprint density at radius 2 is 1.34 bits per heavy atom. The molecular weight excluding hydrogens is 460 g/mol. The van der Waals surface area contributed by atoms with Gasteiger partial charge in [0.2, 0.25) is 0 Å². The lowest BCUT2D eigenvalue weighted by Gasteiger charge is -2.11. The van der Waals surface area contributed by atoms with Gasteiger partial charge in [0.1, 0.15) is 29.9 Å². The summed E-state index contributed by atoms with van der Waals surface area (Å²) < 4.78 is 15.4. The van der Waals surface area contributed by atoms with Crippen LogP contribution in [0, 0.1) is 42.9 Å². The van der Waals surface area contributed by atoms with Crippen molar-refractivity contribution in [3.05, 3.63) is 91.5 Å². The summed E-state index contributed by atoms with van der Waals surface area (Å²) >= 11 is 0. The molecule has 0 heterocycles. The maximum absolute atomic E-state index is 11.0. The van der Waals surface area contributed by atoms with Crippen LogP contribution >= 0.6 is 0 Å². The number of aromatic hydroxyl groups is 1. The zero-order valence-electron chi connectivity index (χ0n) is 18.5. The number of hydrogen-bond donors (Lipinski definition) is 1. The van der Waals surface area contributed by atoms with Gasteiger partial charge in [-0.05, 0) is 5.56 Å². The fraction of sp³-hybridized carbons (Fsp3) is 0.130. The number of benzene rings is 3. The molecule has 0 fully saturated rings. The van der Waals surface area contributed by atoms with Crippen LogP contribution < -0.4 is 14.2 Å². The van der Waals surface area contributed by atoms with Gasteiger partial charge in [-0.2, -0.15) is 10.5 Å². The van der Waals surface area contributed by atoms with Gasteiger partial charge in [-0.3, -0.25) is 20.2 Å². The fourth-order valence-corrected chi connectivity index (χ4v) is 2.76. The van der Waals surface area contributed by atoms with Gasteiger partial charge >= 0.3 is 0 Å². The number of hydrogen-bond acceptors (Lipinski definition) is 10. The molecule has 178 valence electrons. The second kappa shape index (κ2) is 12.0. The van der Waals surface area contributed by atoms with Crippen LogP contribution in [0.15, 0.2) is 54.6 Å². The van der Waals surface area contributed by atoms with Crippen LogP contribution in [0.1, 0.15) is 16.7 Å². The first-order valence-corrected chi connectivity index (χ1v) is 9.64. The highest BCUT2D eigenvalue weighted by molar-refractivity contribution is 5.59. The summed E-state index contributed by atoms with van der Waals surface area (Å²) in [5, 5.41) is 48.1. The van der Waals surface area contributed by atoms with Gasteiger partial charge < -0.3 is 19.3 Å². The zero-order chi connectivity index (χ0) is 26.0. The normalized spacial score (nSPS) is 9.49. The minimum atomic E-state index is -0.738. The van der Waals surface area contributed by atoms with E-state index in [1.807, 2.05) is 30.3 Å². The van der Waals surface area contributed by atoms with Gasteiger partial charge in [0.15, 0.2) is 23.0 Å². The average molecular weight is 478 g/mol. The largest absolute Gasteiger partial charge is 0.504 e. The third-order valence-corrected chi connectivity index (χ3v) is 4.45. The Hall–Kier alpha value is -5.36. The molecule has 3 aromatic carbocycles. The van der Waals surface area contributed by atoms with E-state index in [2.05, 4.69) is 0 Å². The van der Waals surface area contributed by atoms with Gasteiger partial charge in [0.25, 0.3) is 11.4 Å². The van der Waals surface area contributed by atoms with E-state index in [4.69, 9.17) is 24.7 Å². The van der Waals surface area contributed by atoms with E-state index in [0.29, 0.717) is 0 Å². The molecule has 12 nitrogen and oxygen atoms in total. The van der Waals surface area contributed by atoms with E-state index in [1.165, 1.54) is 26.4 Å². The van der Waals surface area contributed by atoms with Crippen molar-refractivity contribution in [2.75, 3.05) is 14.2 Å². The fourth-order valence-electron chi connectivity index (χ4n) is 2.76. The number of phenols is 1. The van der Waals surface area contributed by atoms with Crippen molar-refractivity contribution >= 4 is 11.4 Å². The molecule has 0 aliphatic rings. The SMILES string of the molecule is COc1cc(C#N)c([N+](=O)[O-])cc1O.COc1cc(C#N)c([N+](=O)[O-])cc1OCc1ccccc1. The molecule has 0 radical (unpaired) electrons. The predicted octanol–water partition coefficient (Wildman–Crippen LogP) is 4.23. The molecule has 0 aliphatic carbocycles. The van der Waals surface area contributed by atoms with Crippen molar-refractivity contribution in [2.45, 2.75) is 6.61 Å². The Morgan fingerprint density at radius 3 is 1.83 bits per heavy atom. The molecule has 0 unspecified atom stereocenters. The minimum Gasteiger partial charge on any atom is -0.504 e. The highest BCUT2D eigenvalue weighted by Gasteiger charge is 2.20. The third-order valence-electron chi connectivity index (χ3n) is 4.45. The van der Waals surface area contributed by atoms with Crippen molar-refractivity contribution < 1.29 is 29.2 Å². The van der Waals surface area contributed by atoms with Crippen molar-refractivity contribution in [2.24, 2.45) is 0 Å². The molecule has 3 rings (SSSR count). The minimum absolute atomic E-state index is 0.0344. The molecule has 0 spiro atoms. The number of rotatable bonds is 7. The van der Waals surface area contributed by atoms with E-state index in [9.17, 15) is 25.3 Å². The second-order valence-electron chi connectivity index (χ2n) is 6.57. The number of nitriles is 2. The molecule has 0 atom stereocenters. The number of nitro benzene ring substituents is 2. The van der Waals surface area contributed by atoms with Gasteiger partial charge in [0.05, 0.1) is 36.2 Å². The number of ether oxygens (including phenoxy) is 3. The van der Waals surface area contributed by atoms with E-state index in [1.54, 1.807) is 12.1 Å². The predicted molar refractivity (Wildman–Crippen MR) is 121 cm³/mol. The molecule has 0 saturated carbocycles. The molecule has 3 aromatic rings. The Labute approximate surface area is 199 Å². The van der Waals surface area contributed by atoms with Crippen LogP contribution in [0.5, 0.6) is 23.0 Å². The summed E-state index contributed by atoms with van der Waals surface area (Å²) in [5.41, 5.74) is -0.0349. The Morgan fingerprint density at radius 1 is 0.829 bits per heavy atom. The zero-order valence-corrected chi connectivity index (χ0v) is 18.5. The van der Waals surface area contributed by atoms with Gasteiger partial charge in [-0.1, -0.05) is 30.3 Å². The smallest absolute Gasteiger partial charge is 0.291 e. The lowest BCUT2D eigenvalue weighted by Crippen LogP contribution is -2.00. The second-order valence-corrected chi connectivity index (χ2v) is 6.57. The Balaban J connectivity index is 0.000000269. The summed E-state index contributed by atoms with van der Waals surface area (Å²) in [6.45, 7) is 0.250. The molecule has 0 amide bonds. The quantitative estimate of drug-likeness (QED) is 0.381. The summed E-state index contributed by atoms with van der Waals surface area (Å²) in [5.74, 6) is 0.186.